The van der Waals surface area contributed by atoms with Crippen LogP contribution in [-0.4, -0.2) is 27.4 Å². The molecule has 0 saturated carbocycles. The summed E-state index contributed by atoms with van der Waals surface area (Å²) < 4.78 is 2.09. The van der Waals surface area contributed by atoms with Gasteiger partial charge in [-0.15, -0.1) is 11.3 Å². The van der Waals surface area contributed by atoms with Gasteiger partial charge < -0.3 is 4.57 Å². The molecule has 5 nitrogen and oxygen atoms in total. The standard InChI is InChI=1S/C22H19ClN4OS2/c1-15-10-11-17(30-15)12-24-26-21(28)14-29-22-25-19-8-4-5-9-20(19)27(22)13-16-6-2-3-7-18(16)23/h2-12H,13-14H2,1H3,(H,26,28)/b24-12-. The number of hydrogen-bond donors (Lipinski definition) is 1. The Balaban J connectivity index is 1.47. The summed E-state index contributed by atoms with van der Waals surface area (Å²) in [5.74, 6) is 0.0352. The third-order valence-corrected chi connectivity index (χ3v) is 6.66. The summed E-state index contributed by atoms with van der Waals surface area (Å²) in [6.45, 7) is 2.62. The van der Waals surface area contributed by atoms with E-state index in [0.717, 1.165) is 26.6 Å². The van der Waals surface area contributed by atoms with E-state index in [2.05, 4.69) is 15.1 Å². The Labute approximate surface area is 187 Å². The Hall–Kier alpha value is -2.61. The first-order valence-corrected chi connectivity index (χ1v) is 11.5. The van der Waals surface area contributed by atoms with Crippen LogP contribution in [0.25, 0.3) is 11.0 Å². The first kappa shape index (κ1) is 20.7. The lowest BCUT2D eigenvalue weighted by Crippen LogP contribution is -2.20. The van der Waals surface area contributed by atoms with Crippen molar-refractivity contribution >= 4 is 57.9 Å². The summed E-state index contributed by atoms with van der Waals surface area (Å²) in [4.78, 5) is 19.2. The third kappa shape index (κ3) is 4.92. The van der Waals surface area contributed by atoms with E-state index >= 15 is 0 Å². The predicted octanol–water partition coefficient (Wildman–Crippen LogP) is 5.35. The van der Waals surface area contributed by atoms with Crippen molar-refractivity contribution in [3.63, 3.8) is 0 Å². The van der Waals surface area contributed by atoms with Crippen LogP contribution in [0, 0.1) is 6.92 Å². The SMILES string of the molecule is Cc1ccc(/C=N\NC(=O)CSc2nc3ccccc3n2Cc2ccccc2Cl)s1. The zero-order valence-corrected chi connectivity index (χ0v) is 18.6. The lowest BCUT2D eigenvalue weighted by molar-refractivity contribution is -0.118. The maximum atomic E-state index is 12.3. The molecule has 0 bridgehead atoms. The van der Waals surface area contributed by atoms with Crippen molar-refractivity contribution in [3.05, 3.63) is 81.0 Å². The smallest absolute Gasteiger partial charge is 0.250 e. The molecule has 0 aliphatic heterocycles. The molecular formula is C22H19ClN4OS2. The number of nitrogens with one attached hydrogen (secondary N) is 1. The Bertz CT molecular complexity index is 1210. The van der Waals surface area contributed by atoms with Crippen LogP contribution in [0.4, 0.5) is 0 Å². The number of imidazole rings is 1. The van der Waals surface area contributed by atoms with Gasteiger partial charge in [-0.25, -0.2) is 10.4 Å². The van der Waals surface area contributed by atoms with Crippen molar-refractivity contribution in [1.29, 1.82) is 0 Å². The van der Waals surface area contributed by atoms with Gasteiger partial charge in [-0.05, 0) is 42.8 Å². The molecule has 4 aromatic rings. The Kier molecular flexibility index (Phi) is 6.52. The Morgan fingerprint density at radius 2 is 2.00 bits per heavy atom. The maximum absolute atomic E-state index is 12.3. The molecule has 8 heteroatoms. The van der Waals surface area contributed by atoms with Crippen LogP contribution < -0.4 is 5.43 Å². The summed E-state index contributed by atoms with van der Waals surface area (Å²) in [5, 5.41) is 5.52. The van der Waals surface area contributed by atoms with Crippen molar-refractivity contribution in [1.82, 2.24) is 15.0 Å². The molecule has 0 aliphatic carbocycles. The molecule has 0 unspecified atom stereocenters. The van der Waals surface area contributed by atoms with Gasteiger partial charge in [0.05, 0.1) is 29.5 Å². The third-order valence-electron chi connectivity index (χ3n) is 4.38. The van der Waals surface area contributed by atoms with E-state index < -0.39 is 0 Å². The Morgan fingerprint density at radius 3 is 2.80 bits per heavy atom. The molecule has 30 heavy (non-hydrogen) atoms. The second-order valence-corrected chi connectivity index (χ2v) is 9.26. The number of aryl methyl sites for hydroxylation is 1. The molecule has 0 saturated heterocycles. The number of hydrazone groups is 1. The summed E-state index contributed by atoms with van der Waals surface area (Å²) in [7, 11) is 0. The number of amides is 1. The largest absolute Gasteiger partial charge is 0.314 e. The summed E-state index contributed by atoms with van der Waals surface area (Å²) in [6, 6.07) is 19.7. The first-order valence-electron chi connectivity index (χ1n) is 9.30. The predicted molar refractivity (Wildman–Crippen MR) is 126 cm³/mol. The van der Waals surface area contributed by atoms with E-state index in [4.69, 9.17) is 16.6 Å². The van der Waals surface area contributed by atoms with E-state index in [1.54, 1.807) is 17.6 Å². The van der Waals surface area contributed by atoms with Crippen LogP contribution in [0.1, 0.15) is 15.3 Å². The molecule has 1 amide bonds. The molecule has 0 atom stereocenters. The van der Waals surface area contributed by atoms with Crippen LogP contribution in [0.15, 0.2) is 70.9 Å². The van der Waals surface area contributed by atoms with Crippen LogP contribution in [0.2, 0.25) is 5.02 Å². The number of rotatable bonds is 7. The summed E-state index contributed by atoms with van der Waals surface area (Å²) >= 11 is 9.37. The molecular weight excluding hydrogens is 436 g/mol. The molecule has 2 aromatic heterocycles. The van der Waals surface area contributed by atoms with E-state index in [-0.39, 0.29) is 11.7 Å². The Morgan fingerprint density at radius 1 is 1.20 bits per heavy atom. The van der Waals surface area contributed by atoms with Gasteiger partial charge in [-0.3, -0.25) is 4.79 Å². The van der Waals surface area contributed by atoms with Crippen molar-refractivity contribution in [2.45, 2.75) is 18.6 Å². The van der Waals surface area contributed by atoms with Gasteiger partial charge in [-0.2, -0.15) is 5.10 Å². The molecule has 1 N–H and O–H groups in total. The van der Waals surface area contributed by atoms with Crippen LogP contribution in [0.5, 0.6) is 0 Å². The monoisotopic (exact) mass is 454 g/mol. The summed E-state index contributed by atoms with van der Waals surface area (Å²) in [6.07, 6.45) is 1.66. The normalized spacial score (nSPS) is 11.4. The van der Waals surface area contributed by atoms with E-state index in [1.165, 1.54) is 16.6 Å². The van der Waals surface area contributed by atoms with Gasteiger partial charge >= 0.3 is 0 Å². The number of carbonyl (C=O) groups is 1. The molecule has 2 aromatic carbocycles. The lowest BCUT2D eigenvalue weighted by atomic mass is 10.2. The fraction of sp³-hybridized carbons (Fsp3) is 0.136. The highest BCUT2D eigenvalue weighted by Crippen LogP contribution is 2.27. The molecule has 0 spiro atoms. The number of aromatic nitrogens is 2. The molecule has 0 aliphatic rings. The number of thiophene rings is 1. The molecule has 152 valence electrons. The number of halogens is 1. The first-order chi connectivity index (χ1) is 14.6. The average molecular weight is 455 g/mol. The van der Waals surface area contributed by atoms with Crippen LogP contribution >= 0.6 is 34.7 Å². The average Bonchev–Trinajstić information content (AvgIpc) is 3.31. The quantitative estimate of drug-likeness (QED) is 0.232. The zero-order chi connectivity index (χ0) is 20.9. The van der Waals surface area contributed by atoms with E-state index in [9.17, 15) is 4.79 Å². The van der Waals surface area contributed by atoms with Gasteiger partial charge in [-0.1, -0.05) is 53.7 Å². The minimum Gasteiger partial charge on any atom is -0.314 e. The van der Waals surface area contributed by atoms with Crippen molar-refractivity contribution in [2.24, 2.45) is 5.10 Å². The molecule has 0 radical (unpaired) electrons. The second-order valence-electron chi connectivity index (χ2n) is 6.59. The number of carbonyl (C=O) groups excluding carboxylic acids is 1. The van der Waals surface area contributed by atoms with Crippen LogP contribution in [-0.2, 0) is 11.3 Å². The van der Waals surface area contributed by atoms with Crippen LogP contribution in [0.3, 0.4) is 0 Å². The topological polar surface area (TPSA) is 59.3 Å². The number of thioether (sulfide) groups is 1. The molecule has 2 heterocycles. The van der Waals surface area contributed by atoms with Gasteiger partial charge in [0.25, 0.3) is 5.91 Å². The highest BCUT2D eigenvalue weighted by Gasteiger charge is 2.14. The number of hydrogen-bond acceptors (Lipinski definition) is 5. The lowest BCUT2D eigenvalue weighted by Gasteiger charge is -2.10. The van der Waals surface area contributed by atoms with Crippen molar-refractivity contribution in [2.75, 3.05) is 5.75 Å². The maximum Gasteiger partial charge on any atom is 0.250 e. The van der Waals surface area contributed by atoms with E-state index in [0.29, 0.717) is 11.6 Å². The van der Waals surface area contributed by atoms with Crippen molar-refractivity contribution in [3.8, 4) is 0 Å². The van der Waals surface area contributed by atoms with Crippen molar-refractivity contribution < 1.29 is 4.79 Å². The highest BCUT2D eigenvalue weighted by atomic mass is 35.5. The molecule has 0 fully saturated rings. The number of nitrogens with zero attached hydrogens (tertiary/aromatic N) is 3. The number of fused-ring (bicyclic) bond motifs is 1. The second kappa shape index (κ2) is 9.47. The fourth-order valence-electron chi connectivity index (χ4n) is 2.97. The minimum atomic E-state index is -0.180. The van der Waals surface area contributed by atoms with Gasteiger partial charge in [0, 0.05) is 14.8 Å². The zero-order valence-electron chi connectivity index (χ0n) is 16.2. The number of benzene rings is 2. The molecule has 4 rings (SSSR count). The number of para-hydroxylation sites is 2. The van der Waals surface area contributed by atoms with E-state index in [1.807, 2.05) is 67.6 Å². The summed E-state index contributed by atoms with van der Waals surface area (Å²) in [5.41, 5.74) is 5.48. The minimum absolute atomic E-state index is 0.180. The van der Waals surface area contributed by atoms with Gasteiger partial charge in [0.2, 0.25) is 0 Å². The van der Waals surface area contributed by atoms with Gasteiger partial charge in [0.1, 0.15) is 0 Å². The highest BCUT2D eigenvalue weighted by molar-refractivity contribution is 7.99. The van der Waals surface area contributed by atoms with Gasteiger partial charge in [0.15, 0.2) is 5.16 Å². The fourth-order valence-corrected chi connectivity index (χ4v) is 4.72.